The Morgan fingerprint density at radius 1 is 0.968 bits per heavy atom. The zero-order valence-corrected chi connectivity index (χ0v) is 17.1. The molecule has 158 valence electrons. The first kappa shape index (κ1) is 21.0. The molecule has 1 N–H and O–H groups in total. The summed E-state index contributed by atoms with van der Waals surface area (Å²) in [7, 11) is 1.58. The fourth-order valence-corrected chi connectivity index (χ4v) is 4.45. The number of carbonyl (C=O) groups is 2. The Morgan fingerprint density at radius 2 is 1.65 bits per heavy atom. The van der Waals surface area contributed by atoms with Gasteiger partial charge in [0, 0.05) is 22.4 Å². The number of alkyl halides is 3. The summed E-state index contributed by atoms with van der Waals surface area (Å²) in [6.07, 6.45) is -4.66. The van der Waals surface area contributed by atoms with E-state index in [0.29, 0.717) is 11.3 Å². The van der Waals surface area contributed by atoms with Gasteiger partial charge in [-0.1, -0.05) is 54.2 Å². The number of halogens is 3. The molecule has 0 bridgehead atoms. The maximum Gasteiger partial charge on any atom is 0.412 e. The van der Waals surface area contributed by atoms with Crippen LogP contribution in [0.1, 0.15) is 32.3 Å². The lowest BCUT2D eigenvalue weighted by Gasteiger charge is -2.23. The molecule has 0 radical (unpaired) electrons. The molecule has 3 aromatic carbocycles. The Morgan fingerprint density at radius 3 is 2.35 bits per heavy atom. The Hall–Kier alpha value is -3.26. The van der Waals surface area contributed by atoms with E-state index in [-0.39, 0.29) is 17.0 Å². The maximum absolute atomic E-state index is 13.6. The van der Waals surface area contributed by atoms with Crippen molar-refractivity contribution >= 4 is 29.3 Å². The maximum atomic E-state index is 13.6. The van der Waals surface area contributed by atoms with Crippen molar-refractivity contribution in [3.05, 3.63) is 89.5 Å². The monoisotopic (exact) mass is 442 g/mol. The number of amides is 2. The fourth-order valence-electron chi connectivity index (χ4n) is 3.36. The Balaban J connectivity index is 1.66. The molecule has 1 heterocycles. The molecule has 0 fully saturated rings. The summed E-state index contributed by atoms with van der Waals surface area (Å²) in [5.74, 6) is -1.13. The molecule has 1 unspecified atom stereocenters. The minimum absolute atomic E-state index is 0.0372. The van der Waals surface area contributed by atoms with Gasteiger partial charge >= 0.3 is 6.18 Å². The lowest BCUT2D eigenvalue weighted by molar-refractivity contribution is -0.155. The van der Waals surface area contributed by atoms with E-state index in [4.69, 9.17) is 0 Å². The highest BCUT2D eigenvalue weighted by molar-refractivity contribution is 7.99. The highest BCUT2D eigenvalue weighted by atomic mass is 32.2. The van der Waals surface area contributed by atoms with E-state index < -0.39 is 18.1 Å². The fraction of sp³-hybridized carbons (Fsp3) is 0.130. The predicted octanol–water partition coefficient (Wildman–Crippen LogP) is 5.46. The van der Waals surface area contributed by atoms with Crippen LogP contribution in [0.3, 0.4) is 0 Å². The average Bonchev–Trinajstić information content (AvgIpc) is 2.86. The molecular formula is C23H17F3N2O2S. The zero-order valence-electron chi connectivity index (χ0n) is 16.3. The van der Waals surface area contributed by atoms with Gasteiger partial charge in [-0.25, -0.2) is 0 Å². The van der Waals surface area contributed by atoms with Gasteiger partial charge in [0.05, 0.1) is 11.3 Å². The highest BCUT2D eigenvalue weighted by Gasteiger charge is 2.42. The molecule has 31 heavy (non-hydrogen) atoms. The second-order valence-corrected chi connectivity index (χ2v) is 8.09. The van der Waals surface area contributed by atoms with Crippen molar-refractivity contribution in [1.82, 2.24) is 5.32 Å². The lowest BCUT2D eigenvalue weighted by Crippen LogP contribution is -2.38. The van der Waals surface area contributed by atoms with E-state index in [2.05, 4.69) is 5.32 Å². The van der Waals surface area contributed by atoms with E-state index in [1.807, 2.05) is 12.1 Å². The largest absolute Gasteiger partial charge is 0.412 e. The molecule has 0 aliphatic carbocycles. The molecule has 3 aromatic rings. The first-order valence-electron chi connectivity index (χ1n) is 9.37. The van der Waals surface area contributed by atoms with E-state index >= 15 is 0 Å². The van der Waals surface area contributed by atoms with Crippen molar-refractivity contribution in [2.45, 2.75) is 22.0 Å². The molecule has 1 aliphatic heterocycles. The van der Waals surface area contributed by atoms with E-state index in [9.17, 15) is 22.8 Å². The quantitative estimate of drug-likeness (QED) is 0.586. The summed E-state index contributed by atoms with van der Waals surface area (Å²) in [5, 5.41) is 2.08. The number of nitrogens with zero attached hydrogens (tertiary/aromatic N) is 1. The van der Waals surface area contributed by atoms with Crippen molar-refractivity contribution in [2.24, 2.45) is 0 Å². The summed E-state index contributed by atoms with van der Waals surface area (Å²) < 4.78 is 40.8. The molecule has 0 aromatic heterocycles. The van der Waals surface area contributed by atoms with Crippen LogP contribution >= 0.6 is 11.8 Å². The van der Waals surface area contributed by atoms with Crippen LogP contribution in [0.25, 0.3) is 0 Å². The van der Waals surface area contributed by atoms with Gasteiger partial charge in [0.25, 0.3) is 11.8 Å². The number of hydrogen-bond donors (Lipinski definition) is 1. The van der Waals surface area contributed by atoms with Gasteiger partial charge in [-0.05, 0) is 35.9 Å². The summed E-state index contributed by atoms with van der Waals surface area (Å²) in [6.45, 7) is 0. The smallest absolute Gasteiger partial charge is 0.337 e. The molecule has 0 saturated heterocycles. The van der Waals surface area contributed by atoms with E-state index in [1.54, 1.807) is 31.3 Å². The van der Waals surface area contributed by atoms with E-state index in [0.717, 1.165) is 9.79 Å². The van der Waals surface area contributed by atoms with Crippen LogP contribution in [0.2, 0.25) is 0 Å². The summed E-state index contributed by atoms with van der Waals surface area (Å²) in [6, 6.07) is 16.8. The van der Waals surface area contributed by atoms with Crippen LogP contribution < -0.4 is 10.2 Å². The number of anilines is 1. The number of benzene rings is 3. The second kappa shape index (κ2) is 8.11. The van der Waals surface area contributed by atoms with Crippen molar-refractivity contribution in [3.63, 3.8) is 0 Å². The minimum atomic E-state index is -4.66. The molecule has 4 rings (SSSR count). The standard InChI is InChI=1S/C23H17F3N2O2S/c1-28-17-13-15(11-12-19(17)31-18-10-6-5-9-16(18)22(28)30)21(29)27-20(23(24,25)26)14-7-3-2-4-8-14/h2-13,20H,1H3,(H,27,29). The molecule has 1 aliphatic rings. The SMILES string of the molecule is CN1C(=O)c2ccccc2Sc2ccc(C(=O)NC(c3ccccc3)C(F)(F)F)cc21. The highest BCUT2D eigenvalue weighted by Crippen LogP contribution is 2.41. The lowest BCUT2D eigenvalue weighted by atomic mass is 10.1. The van der Waals surface area contributed by atoms with Crippen LogP contribution in [0.4, 0.5) is 18.9 Å². The van der Waals surface area contributed by atoms with Gasteiger partial charge in [0.1, 0.15) is 0 Å². The molecule has 1 atom stereocenters. The van der Waals surface area contributed by atoms with Gasteiger partial charge in [0.2, 0.25) is 0 Å². The first-order chi connectivity index (χ1) is 14.8. The van der Waals surface area contributed by atoms with Gasteiger partial charge in [-0.2, -0.15) is 13.2 Å². The van der Waals surface area contributed by atoms with Crippen LogP contribution in [-0.4, -0.2) is 25.0 Å². The van der Waals surface area contributed by atoms with Crippen molar-refractivity contribution in [2.75, 3.05) is 11.9 Å². The third kappa shape index (κ3) is 4.16. The molecular weight excluding hydrogens is 425 g/mol. The Kier molecular flexibility index (Phi) is 5.49. The topological polar surface area (TPSA) is 49.4 Å². The Labute approximate surface area is 181 Å². The van der Waals surface area contributed by atoms with Gasteiger partial charge in [0.15, 0.2) is 6.04 Å². The summed E-state index contributed by atoms with van der Waals surface area (Å²) >= 11 is 1.37. The molecule has 2 amide bonds. The third-order valence-electron chi connectivity index (χ3n) is 4.96. The average molecular weight is 442 g/mol. The van der Waals surface area contributed by atoms with Crippen LogP contribution in [-0.2, 0) is 0 Å². The molecule has 0 saturated carbocycles. The second-order valence-electron chi connectivity index (χ2n) is 7.00. The van der Waals surface area contributed by atoms with Crippen molar-refractivity contribution < 1.29 is 22.8 Å². The van der Waals surface area contributed by atoms with Crippen molar-refractivity contribution in [1.29, 1.82) is 0 Å². The summed E-state index contributed by atoms with van der Waals surface area (Å²) in [4.78, 5) is 28.5. The molecule has 0 spiro atoms. The predicted molar refractivity (Wildman–Crippen MR) is 112 cm³/mol. The number of nitrogens with one attached hydrogen (secondary N) is 1. The van der Waals surface area contributed by atoms with Crippen LogP contribution in [0, 0.1) is 0 Å². The van der Waals surface area contributed by atoms with Gasteiger partial charge in [-0.15, -0.1) is 0 Å². The van der Waals surface area contributed by atoms with Gasteiger partial charge < -0.3 is 10.2 Å². The minimum Gasteiger partial charge on any atom is -0.337 e. The number of carbonyl (C=O) groups excluding carboxylic acids is 2. The third-order valence-corrected chi connectivity index (χ3v) is 6.10. The van der Waals surface area contributed by atoms with Crippen molar-refractivity contribution in [3.8, 4) is 0 Å². The van der Waals surface area contributed by atoms with E-state index in [1.165, 1.54) is 53.1 Å². The number of fused-ring (bicyclic) bond motifs is 2. The molecule has 4 nitrogen and oxygen atoms in total. The van der Waals surface area contributed by atoms with Crippen LogP contribution in [0.15, 0.2) is 82.6 Å². The normalized spacial score (nSPS) is 14.3. The zero-order chi connectivity index (χ0) is 22.2. The van der Waals surface area contributed by atoms with Crippen LogP contribution in [0.5, 0.6) is 0 Å². The summed E-state index contributed by atoms with van der Waals surface area (Å²) in [5.41, 5.74) is 0.965. The Bertz CT molecular complexity index is 1150. The molecule has 8 heteroatoms. The first-order valence-corrected chi connectivity index (χ1v) is 10.2. The number of rotatable bonds is 3. The van der Waals surface area contributed by atoms with Gasteiger partial charge in [-0.3, -0.25) is 9.59 Å². The number of hydrogen-bond acceptors (Lipinski definition) is 3.